The minimum Gasteiger partial charge on any atom is -0.479 e. The first-order valence-corrected chi connectivity index (χ1v) is 26.9. The molecule has 1 aliphatic heterocycles. The maximum Gasteiger partial charge on any atom is 0.335 e. The standard InChI is InChI=1S/C57H94O12/c1-4-7-10-13-16-19-22-24-25-27-29-31-34-37-40-43-49(58)65-46-48(67-50(59)44-41-38-35-32-28-21-18-15-12-9-6-3)47-66-57-55(53(62)52(61)54(69-57)56(63)64)68-51(60)45-42-39-36-33-30-26-23-20-17-14-11-8-5-2/h7,10,15-16,18-19,24-25,29,31,37,40,48,52-55,57,61-62H,4-6,8-9,11-14,17,20-23,26-28,30,32-36,38-39,41-47H2,1-3H3,(H,63,64)/b10-7-,18-15-,19-16-,25-24-,31-29-,40-37-. The minimum atomic E-state index is -1.91. The van der Waals surface area contributed by atoms with E-state index in [1.165, 1.54) is 64.2 Å². The van der Waals surface area contributed by atoms with Gasteiger partial charge in [0.05, 0.1) is 13.0 Å². The zero-order valence-corrected chi connectivity index (χ0v) is 43.0. The molecule has 1 heterocycles. The van der Waals surface area contributed by atoms with E-state index in [-0.39, 0.29) is 25.9 Å². The largest absolute Gasteiger partial charge is 0.479 e. The number of allylic oxidation sites excluding steroid dienone is 11. The lowest BCUT2D eigenvalue weighted by atomic mass is 9.98. The van der Waals surface area contributed by atoms with Crippen molar-refractivity contribution in [1.82, 2.24) is 0 Å². The summed E-state index contributed by atoms with van der Waals surface area (Å²) in [4.78, 5) is 50.8. The molecule has 12 nitrogen and oxygen atoms in total. The number of carboxylic acid groups (broad SMARTS) is 1. The average molecular weight is 971 g/mol. The highest BCUT2D eigenvalue weighted by Crippen LogP contribution is 2.26. The van der Waals surface area contributed by atoms with Gasteiger partial charge in [-0.3, -0.25) is 14.4 Å². The third-order valence-corrected chi connectivity index (χ3v) is 11.8. The van der Waals surface area contributed by atoms with Crippen LogP contribution in [-0.2, 0) is 42.9 Å². The van der Waals surface area contributed by atoms with Crippen molar-refractivity contribution in [3.63, 3.8) is 0 Å². The number of aliphatic hydroxyl groups excluding tert-OH is 2. The Morgan fingerprint density at radius 3 is 1.49 bits per heavy atom. The first kappa shape index (κ1) is 63.2. The molecule has 1 aliphatic rings. The monoisotopic (exact) mass is 971 g/mol. The fourth-order valence-electron chi connectivity index (χ4n) is 7.66. The Bertz CT molecular complexity index is 1480. The van der Waals surface area contributed by atoms with Crippen molar-refractivity contribution >= 4 is 23.9 Å². The van der Waals surface area contributed by atoms with E-state index in [0.29, 0.717) is 19.3 Å². The molecule has 0 bridgehead atoms. The normalized spacial score (nSPS) is 19.2. The number of hydrogen-bond acceptors (Lipinski definition) is 11. The Morgan fingerprint density at radius 2 is 0.971 bits per heavy atom. The van der Waals surface area contributed by atoms with E-state index in [0.717, 1.165) is 89.9 Å². The quantitative estimate of drug-likeness (QED) is 0.0228. The number of aliphatic hydroxyl groups is 2. The summed E-state index contributed by atoms with van der Waals surface area (Å²) in [7, 11) is 0. The zero-order chi connectivity index (χ0) is 50.4. The van der Waals surface area contributed by atoms with Gasteiger partial charge in [-0.1, -0.05) is 203 Å². The lowest BCUT2D eigenvalue weighted by Crippen LogP contribution is -2.61. The van der Waals surface area contributed by atoms with Crippen LogP contribution < -0.4 is 0 Å². The van der Waals surface area contributed by atoms with Gasteiger partial charge in [0.2, 0.25) is 0 Å². The molecule has 69 heavy (non-hydrogen) atoms. The van der Waals surface area contributed by atoms with Crippen molar-refractivity contribution < 1.29 is 58.2 Å². The summed E-state index contributed by atoms with van der Waals surface area (Å²) < 4.78 is 28.2. The molecular formula is C57H94O12. The molecule has 6 unspecified atom stereocenters. The summed E-state index contributed by atoms with van der Waals surface area (Å²) >= 11 is 0. The van der Waals surface area contributed by atoms with E-state index in [1.807, 2.05) is 12.2 Å². The molecule has 394 valence electrons. The molecule has 0 aromatic rings. The highest BCUT2D eigenvalue weighted by Gasteiger charge is 2.50. The van der Waals surface area contributed by atoms with Crippen LogP contribution >= 0.6 is 0 Å². The molecule has 1 fully saturated rings. The van der Waals surface area contributed by atoms with Gasteiger partial charge in [0.1, 0.15) is 18.8 Å². The van der Waals surface area contributed by atoms with Crippen molar-refractivity contribution in [2.24, 2.45) is 0 Å². The lowest BCUT2D eigenvalue weighted by molar-refractivity contribution is -0.301. The molecule has 0 spiro atoms. The molecule has 6 atom stereocenters. The molecule has 0 aliphatic carbocycles. The van der Waals surface area contributed by atoms with Gasteiger partial charge >= 0.3 is 23.9 Å². The van der Waals surface area contributed by atoms with Crippen LogP contribution in [0.15, 0.2) is 72.9 Å². The summed E-state index contributed by atoms with van der Waals surface area (Å²) in [5.41, 5.74) is 0. The van der Waals surface area contributed by atoms with Gasteiger partial charge in [-0.15, -0.1) is 0 Å². The molecule has 1 rings (SSSR count). The van der Waals surface area contributed by atoms with Gasteiger partial charge in [-0.25, -0.2) is 4.79 Å². The number of hydrogen-bond donors (Lipinski definition) is 3. The molecule has 0 aromatic carbocycles. The molecule has 0 aromatic heterocycles. The lowest BCUT2D eigenvalue weighted by Gasteiger charge is -2.40. The van der Waals surface area contributed by atoms with Gasteiger partial charge in [0.15, 0.2) is 24.6 Å². The highest BCUT2D eigenvalue weighted by atomic mass is 16.7. The molecule has 0 saturated carbocycles. The Kier molecular flexibility index (Phi) is 41.5. The number of aliphatic carboxylic acids is 1. The highest BCUT2D eigenvalue weighted by molar-refractivity contribution is 5.74. The minimum absolute atomic E-state index is 0.0169. The Balaban J connectivity index is 2.78. The summed E-state index contributed by atoms with van der Waals surface area (Å²) in [6.07, 6.45) is 43.5. The number of ether oxygens (including phenoxy) is 5. The van der Waals surface area contributed by atoms with E-state index in [2.05, 4.69) is 75.5 Å². The molecule has 0 radical (unpaired) electrons. The smallest absolute Gasteiger partial charge is 0.335 e. The predicted octanol–water partition coefficient (Wildman–Crippen LogP) is 13.0. The second kappa shape index (κ2) is 45.3. The molecule has 12 heteroatoms. The first-order valence-electron chi connectivity index (χ1n) is 26.9. The fourth-order valence-corrected chi connectivity index (χ4v) is 7.66. The van der Waals surface area contributed by atoms with Crippen LogP contribution in [0.2, 0.25) is 0 Å². The van der Waals surface area contributed by atoms with Gasteiger partial charge in [-0.05, 0) is 64.2 Å². The van der Waals surface area contributed by atoms with Gasteiger partial charge in [0, 0.05) is 12.8 Å². The van der Waals surface area contributed by atoms with Gasteiger partial charge in [0.25, 0.3) is 0 Å². The predicted molar refractivity (Wildman–Crippen MR) is 275 cm³/mol. The zero-order valence-electron chi connectivity index (χ0n) is 43.0. The van der Waals surface area contributed by atoms with Crippen LogP contribution in [0.5, 0.6) is 0 Å². The van der Waals surface area contributed by atoms with Crippen LogP contribution in [0, 0.1) is 0 Å². The van der Waals surface area contributed by atoms with Crippen LogP contribution in [-0.4, -0.2) is 89.2 Å². The maximum atomic E-state index is 13.0. The Morgan fingerprint density at radius 1 is 0.507 bits per heavy atom. The van der Waals surface area contributed by atoms with E-state index in [1.54, 1.807) is 6.08 Å². The topological polar surface area (TPSA) is 175 Å². The second-order valence-electron chi connectivity index (χ2n) is 18.2. The molecule has 0 amide bonds. The number of carboxylic acids is 1. The third-order valence-electron chi connectivity index (χ3n) is 11.8. The van der Waals surface area contributed by atoms with Crippen molar-refractivity contribution in [1.29, 1.82) is 0 Å². The number of carbonyl (C=O) groups excluding carboxylic acids is 3. The van der Waals surface area contributed by atoms with E-state index < -0.39 is 67.3 Å². The summed E-state index contributed by atoms with van der Waals surface area (Å²) in [6, 6.07) is 0. The van der Waals surface area contributed by atoms with Crippen LogP contribution in [0.25, 0.3) is 0 Å². The van der Waals surface area contributed by atoms with Gasteiger partial charge < -0.3 is 39.0 Å². The van der Waals surface area contributed by atoms with Gasteiger partial charge in [-0.2, -0.15) is 0 Å². The number of unbranched alkanes of at least 4 members (excludes halogenated alkanes) is 19. The molecule has 1 saturated heterocycles. The van der Waals surface area contributed by atoms with E-state index >= 15 is 0 Å². The second-order valence-corrected chi connectivity index (χ2v) is 18.2. The van der Waals surface area contributed by atoms with Crippen LogP contribution in [0.1, 0.15) is 213 Å². The summed E-state index contributed by atoms with van der Waals surface area (Å²) in [5.74, 6) is -3.30. The number of rotatable bonds is 44. The first-order chi connectivity index (χ1) is 33.6. The van der Waals surface area contributed by atoms with Crippen molar-refractivity contribution in [2.75, 3.05) is 13.2 Å². The fraction of sp³-hybridized carbons (Fsp3) is 0.719. The molecule has 3 N–H and O–H groups in total. The Labute approximate surface area is 417 Å². The van der Waals surface area contributed by atoms with E-state index in [9.17, 15) is 34.5 Å². The summed E-state index contributed by atoms with van der Waals surface area (Å²) in [5, 5.41) is 31.3. The van der Waals surface area contributed by atoms with Crippen LogP contribution in [0.4, 0.5) is 0 Å². The SMILES string of the molecule is CC/C=C\C/C=C\C/C=C\C/C=C\C/C=C\CC(=O)OCC(COC1OC(C(=O)O)C(O)C(O)C1OC(=O)CCCCCCCCCCCCCCC)OC(=O)CCCCCCC/C=C\CCCC. The number of esters is 3. The average Bonchev–Trinajstić information content (AvgIpc) is 3.33. The van der Waals surface area contributed by atoms with Crippen molar-refractivity contribution in [2.45, 2.75) is 250 Å². The Hall–Kier alpha value is -3.84. The summed E-state index contributed by atoms with van der Waals surface area (Å²) in [6.45, 7) is 5.71. The van der Waals surface area contributed by atoms with Crippen molar-refractivity contribution in [3.8, 4) is 0 Å². The molecular weight excluding hydrogens is 877 g/mol. The number of carbonyl (C=O) groups is 4. The maximum absolute atomic E-state index is 13.0. The van der Waals surface area contributed by atoms with Crippen molar-refractivity contribution in [3.05, 3.63) is 72.9 Å². The third kappa shape index (κ3) is 35.8. The van der Waals surface area contributed by atoms with E-state index in [4.69, 9.17) is 23.7 Å². The van der Waals surface area contributed by atoms with Crippen LogP contribution in [0.3, 0.4) is 0 Å².